The zero-order valence-electron chi connectivity index (χ0n) is 6.16. The van der Waals surface area contributed by atoms with Gasteiger partial charge in [0.15, 0.2) is 0 Å². The van der Waals surface area contributed by atoms with Gasteiger partial charge in [-0.25, -0.2) is 4.39 Å². The highest BCUT2D eigenvalue weighted by Crippen LogP contribution is 2.15. The lowest BCUT2D eigenvalue weighted by molar-refractivity contribution is 0.423. The Balaban J connectivity index is 3.27. The molecule has 0 atom stereocenters. The van der Waals surface area contributed by atoms with Crippen LogP contribution >= 0.6 is 0 Å². The molecular weight excluding hydrogens is 162 g/mol. The molecule has 1 rings (SSSR count). The van der Waals surface area contributed by atoms with Crippen molar-refractivity contribution in [1.82, 2.24) is 0 Å². The van der Waals surface area contributed by atoms with Gasteiger partial charge in [0.2, 0.25) is 0 Å². The molecule has 0 aromatic heterocycles. The number of benzene rings is 1. The first-order chi connectivity index (χ1) is 5.54. The monoisotopic (exact) mass is 170 g/mol. The minimum atomic E-state index is -1.87. The summed E-state index contributed by atoms with van der Waals surface area (Å²) < 4.78 is 13.0. The van der Waals surface area contributed by atoms with Crippen molar-refractivity contribution in [3.63, 3.8) is 0 Å². The van der Waals surface area contributed by atoms with Crippen LogP contribution in [-0.4, -0.2) is 17.2 Å². The van der Waals surface area contributed by atoms with Crippen LogP contribution < -0.4 is 16.9 Å². The Labute approximate surface area is 68.8 Å². The number of rotatable bonds is 1. The quantitative estimate of drug-likeness (QED) is 0.310. The Kier molecular flexibility index (Phi) is 2.21. The number of hydrogen-bond acceptors (Lipinski definition) is 4. The van der Waals surface area contributed by atoms with Crippen LogP contribution in [0.3, 0.4) is 0 Å². The predicted molar refractivity (Wildman–Crippen MR) is 45.1 cm³/mol. The summed E-state index contributed by atoms with van der Waals surface area (Å²) in [6.07, 6.45) is 0. The van der Waals surface area contributed by atoms with E-state index in [0.29, 0.717) is 0 Å². The molecular formula is C6H8BFN2O2. The molecule has 0 aliphatic rings. The van der Waals surface area contributed by atoms with E-state index in [9.17, 15) is 4.39 Å². The molecule has 0 aliphatic heterocycles. The molecule has 0 amide bonds. The molecule has 12 heavy (non-hydrogen) atoms. The van der Waals surface area contributed by atoms with Crippen molar-refractivity contribution in [1.29, 1.82) is 0 Å². The first-order valence-electron chi connectivity index (χ1n) is 3.23. The molecule has 0 unspecified atom stereocenters. The second kappa shape index (κ2) is 3.00. The Morgan fingerprint density at radius 1 is 1.25 bits per heavy atom. The van der Waals surface area contributed by atoms with Crippen LogP contribution in [0.5, 0.6) is 0 Å². The van der Waals surface area contributed by atoms with Crippen LogP contribution in [0.1, 0.15) is 0 Å². The summed E-state index contributed by atoms with van der Waals surface area (Å²) in [4.78, 5) is 0. The van der Waals surface area contributed by atoms with Crippen LogP contribution in [0.2, 0.25) is 0 Å². The molecule has 0 saturated heterocycles. The zero-order valence-corrected chi connectivity index (χ0v) is 6.16. The van der Waals surface area contributed by atoms with E-state index in [4.69, 9.17) is 21.5 Å². The van der Waals surface area contributed by atoms with E-state index >= 15 is 0 Å². The lowest BCUT2D eigenvalue weighted by Gasteiger charge is -2.05. The summed E-state index contributed by atoms with van der Waals surface area (Å²) in [5.41, 5.74) is 10.0. The van der Waals surface area contributed by atoms with E-state index in [2.05, 4.69) is 0 Å². The van der Waals surface area contributed by atoms with Crippen LogP contribution in [-0.2, 0) is 0 Å². The lowest BCUT2D eigenvalue weighted by atomic mass is 9.79. The summed E-state index contributed by atoms with van der Waals surface area (Å²) in [7, 11) is -1.87. The average molecular weight is 170 g/mol. The fourth-order valence-electron chi connectivity index (χ4n) is 0.824. The van der Waals surface area contributed by atoms with Gasteiger partial charge >= 0.3 is 7.12 Å². The molecule has 64 valence electrons. The molecule has 1 aromatic carbocycles. The average Bonchev–Trinajstić information content (AvgIpc) is 2.00. The molecule has 0 spiro atoms. The fourth-order valence-corrected chi connectivity index (χ4v) is 0.824. The Bertz CT molecular complexity index is 306. The molecule has 0 saturated carbocycles. The highest BCUT2D eigenvalue weighted by molar-refractivity contribution is 6.58. The SMILES string of the molecule is Nc1ccc(B(O)O)c(F)c1N. The van der Waals surface area contributed by atoms with E-state index in [1.807, 2.05) is 0 Å². The van der Waals surface area contributed by atoms with Gasteiger partial charge in [-0.2, -0.15) is 0 Å². The van der Waals surface area contributed by atoms with Gasteiger partial charge in [-0.3, -0.25) is 0 Å². The number of nitrogens with two attached hydrogens (primary N) is 2. The molecule has 0 radical (unpaired) electrons. The van der Waals surface area contributed by atoms with Gasteiger partial charge < -0.3 is 21.5 Å². The number of hydrogen-bond donors (Lipinski definition) is 4. The van der Waals surface area contributed by atoms with E-state index in [0.717, 1.165) is 0 Å². The molecule has 0 fully saturated rings. The second-order valence-corrected chi connectivity index (χ2v) is 2.35. The van der Waals surface area contributed by atoms with E-state index in [1.165, 1.54) is 12.1 Å². The van der Waals surface area contributed by atoms with Crippen molar-refractivity contribution in [3.05, 3.63) is 17.9 Å². The van der Waals surface area contributed by atoms with Gasteiger partial charge in [0.1, 0.15) is 5.82 Å². The normalized spacial score (nSPS) is 9.92. The van der Waals surface area contributed by atoms with Gasteiger partial charge in [-0.05, 0) is 6.07 Å². The van der Waals surface area contributed by atoms with Crippen LogP contribution in [0.25, 0.3) is 0 Å². The largest absolute Gasteiger partial charge is 0.491 e. The maximum absolute atomic E-state index is 13.0. The maximum Gasteiger partial charge on any atom is 0.491 e. The maximum atomic E-state index is 13.0. The molecule has 0 heterocycles. The van der Waals surface area contributed by atoms with Crippen molar-refractivity contribution in [2.24, 2.45) is 0 Å². The third-order valence-corrected chi connectivity index (χ3v) is 1.52. The van der Waals surface area contributed by atoms with Gasteiger partial charge in [0.25, 0.3) is 0 Å². The summed E-state index contributed by atoms with van der Waals surface area (Å²) >= 11 is 0. The number of anilines is 2. The van der Waals surface area contributed by atoms with Gasteiger partial charge in [-0.15, -0.1) is 0 Å². The molecule has 4 nitrogen and oxygen atoms in total. The Morgan fingerprint density at radius 2 is 1.83 bits per heavy atom. The minimum absolute atomic E-state index is 0.0805. The summed E-state index contributed by atoms with van der Waals surface area (Å²) in [5, 5.41) is 17.3. The first-order valence-corrected chi connectivity index (χ1v) is 3.23. The standard InChI is InChI=1S/C6H8BFN2O2/c8-5-3(7(11)12)1-2-4(9)6(5)10/h1-2,11-12H,9-10H2. The van der Waals surface area contributed by atoms with Crippen molar-refractivity contribution in [3.8, 4) is 0 Å². The predicted octanol–water partition coefficient (Wildman–Crippen LogP) is -1.33. The molecule has 6 N–H and O–H groups in total. The summed E-state index contributed by atoms with van der Waals surface area (Å²) in [5.74, 6) is -0.884. The highest BCUT2D eigenvalue weighted by Gasteiger charge is 2.18. The van der Waals surface area contributed by atoms with Crippen molar-refractivity contribution in [2.45, 2.75) is 0 Å². The van der Waals surface area contributed by atoms with Crippen LogP contribution in [0, 0.1) is 5.82 Å². The fraction of sp³-hybridized carbons (Fsp3) is 0. The van der Waals surface area contributed by atoms with Crippen molar-refractivity contribution in [2.75, 3.05) is 11.5 Å². The smallest absolute Gasteiger partial charge is 0.423 e. The highest BCUT2D eigenvalue weighted by atomic mass is 19.1. The number of halogens is 1. The molecule has 6 heteroatoms. The molecule has 0 aliphatic carbocycles. The molecule has 0 bridgehead atoms. The summed E-state index contributed by atoms with van der Waals surface area (Å²) in [6.45, 7) is 0. The molecule has 1 aromatic rings. The second-order valence-electron chi connectivity index (χ2n) is 2.35. The number of nitrogen functional groups attached to an aromatic ring is 2. The van der Waals surface area contributed by atoms with Crippen molar-refractivity contribution >= 4 is 24.0 Å². The van der Waals surface area contributed by atoms with Crippen molar-refractivity contribution < 1.29 is 14.4 Å². The Hall–Kier alpha value is -1.27. The Morgan fingerprint density at radius 3 is 2.33 bits per heavy atom. The van der Waals surface area contributed by atoms with Crippen LogP contribution in [0.15, 0.2) is 12.1 Å². The first kappa shape index (κ1) is 8.83. The zero-order chi connectivity index (χ0) is 9.30. The topological polar surface area (TPSA) is 92.5 Å². The van der Waals surface area contributed by atoms with E-state index < -0.39 is 12.9 Å². The van der Waals surface area contributed by atoms with Gasteiger partial charge in [0.05, 0.1) is 11.4 Å². The van der Waals surface area contributed by atoms with E-state index in [-0.39, 0.29) is 16.8 Å². The van der Waals surface area contributed by atoms with E-state index in [1.54, 1.807) is 0 Å². The third kappa shape index (κ3) is 1.34. The third-order valence-electron chi connectivity index (χ3n) is 1.52. The minimum Gasteiger partial charge on any atom is -0.423 e. The van der Waals surface area contributed by atoms with Gasteiger partial charge in [0, 0.05) is 5.46 Å². The van der Waals surface area contributed by atoms with Gasteiger partial charge in [-0.1, -0.05) is 6.07 Å². The lowest BCUT2D eigenvalue weighted by Crippen LogP contribution is -2.33. The summed E-state index contributed by atoms with van der Waals surface area (Å²) in [6, 6.07) is 2.48. The van der Waals surface area contributed by atoms with Crippen LogP contribution in [0.4, 0.5) is 15.8 Å².